The van der Waals surface area contributed by atoms with Crippen LogP contribution < -0.4 is 4.74 Å². The molecule has 2 rings (SSSR count). The topological polar surface area (TPSA) is 35.0 Å². The van der Waals surface area contributed by atoms with E-state index in [1.807, 2.05) is 18.2 Å². The molecule has 4 heteroatoms. The molecule has 0 fully saturated rings. The zero-order chi connectivity index (χ0) is 13.1. The molecule has 18 heavy (non-hydrogen) atoms. The molecule has 0 N–H and O–H groups in total. The molecule has 0 amide bonds. The van der Waals surface area contributed by atoms with Crippen LogP contribution in [0.15, 0.2) is 30.5 Å². The van der Waals surface area contributed by atoms with Crippen LogP contribution in [0.25, 0.3) is 11.3 Å². The molecule has 0 aliphatic rings. The summed E-state index contributed by atoms with van der Waals surface area (Å²) in [6.45, 7) is 4.30. The van der Waals surface area contributed by atoms with Crippen LogP contribution in [0.2, 0.25) is 5.28 Å². The van der Waals surface area contributed by atoms with Crippen molar-refractivity contribution in [2.75, 3.05) is 7.11 Å². The number of nitrogens with zero attached hydrogens (tertiary/aromatic N) is 2. The van der Waals surface area contributed by atoms with Gasteiger partial charge in [-0.3, -0.25) is 0 Å². The molecule has 0 spiro atoms. The van der Waals surface area contributed by atoms with Gasteiger partial charge in [0.2, 0.25) is 5.28 Å². The lowest BCUT2D eigenvalue weighted by atomic mass is 10.00. The summed E-state index contributed by atoms with van der Waals surface area (Å²) in [6, 6.07) is 7.94. The Balaban J connectivity index is 2.51. The Bertz CT molecular complexity index is 555. The van der Waals surface area contributed by atoms with E-state index in [2.05, 4.69) is 29.9 Å². The summed E-state index contributed by atoms with van der Waals surface area (Å²) in [5.41, 5.74) is 2.92. The largest absolute Gasteiger partial charge is 0.496 e. The molecule has 0 aliphatic carbocycles. The lowest BCUT2D eigenvalue weighted by molar-refractivity contribution is 0.415. The first-order chi connectivity index (χ1) is 8.61. The predicted octanol–water partition coefficient (Wildman–Crippen LogP) is 3.93. The number of rotatable bonds is 3. The predicted molar refractivity (Wildman–Crippen MR) is 73.1 cm³/mol. The monoisotopic (exact) mass is 262 g/mol. The zero-order valence-electron chi connectivity index (χ0n) is 10.6. The summed E-state index contributed by atoms with van der Waals surface area (Å²) >= 11 is 5.81. The van der Waals surface area contributed by atoms with E-state index in [9.17, 15) is 0 Å². The first kappa shape index (κ1) is 12.8. The zero-order valence-corrected chi connectivity index (χ0v) is 11.4. The summed E-state index contributed by atoms with van der Waals surface area (Å²) in [5.74, 6) is 1.26. The Kier molecular flexibility index (Phi) is 3.82. The van der Waals surface area contributed by atoms with Gasteiger partial charge in [0.15, 0.2) is 0 Å². The van der Waals surface area contributed by atoms with E-state index < -0.39 is 0 Å². The number of benzene rings is 1. The van der Waals surface area contributed by atoms with Gasteiger partial charge in [-0.15, -0.1) is 0 Å². The average Bonchev–Trinajstić information content (AvgIpc) is 2.37. The Morgan fingerprint density at radius 2 is 2.00 bits per heavy atom. The van der Waals surface area contributed by atoms with E-state index in [0.29, 0.717) is 5.92 Å². The first-order valence-electron chi connectivity index (χ1n) is 5.78. The molecule has 0 bridgehead atoms. The third-order valence-electron chi connectivity index (χ3n) is 2.79. The lowest BCUT2D eigenvalue weighted by Gasteiger charge is -2.12. The fraction of sp³-hybridized carbons (Fsp3) is 0.286. The summed E-state index contributed by atoms with van der Waals surface area (Å²) in [5, 5.41) is 0.238. The molecule has 1 aromatic heterocycles. The lowest BCUT2D eigenvalue weighted by Crippen LogP contribution is -1.94. The van der Waals surface area contributed by atoms with Crippen molar-refractivity contribution >= 4 is 11.6 Å². The minimum Gasteiger partial charge on any atom is -0.496 e. The molecule has 3 nitrogen and oxygen atoms in total. The number of methoxy groups -OCH3 is 1. The highest BCUT2D eigenvalue weighted by Gasteiger charge is 2.10. The van der Waals surface area contributed by atoms with Crippen LogP contribution in [0.3, 0.4) is 0 Å². The fourth-order valence-electron chi connectivity index (χ4n) is 1.76. The van der Waals surface area contributed by atoms with Crippen LogP contribution in [0.1, 0.15) is 25.3 Å². The minimum absolute atomic E-state index is 0.238. The SMILES string of the molecule is COc1cc(C(C)C)ccc1-c1ccnc(Cl)n1. The average molecular weight is 263 g/mol. The summed E-state index contributed by atoms with van der Waals surface area (Å²) in [7, 11) is 1.66. The normalized spacial score (nSPS) is 10.7. The molecule has 0 radical (unpaired) electrons. The number of hydrogen-bond donors (Lipinski definition) is 0. The molecule has 2 aromatic rings. The molecule has 0 saturated heterocycles. The standard InChI is InChI=1S/C14H15ClN2O/c1-9(2)10-4-5-11(13(8-10)18-3)12-6-7-16-14(15)17-12/h4-9H,1-3H3. The second kappa shape index (κ2) is 5.36. The molecule has 94 valence electrons. The van der Waals surface area contributed by atoms with Crippen molar-refractivity contribution in [3.05, 3.63) is 41.3 Å². The quantitative estimate of drug-likeness (QED) is 0.786. The van der Waals surface area contributed by atoms with Crippen LogP contribution >= 0.6 is 11.6 Å². The molecule has 1 heterocycles. The van der Waals surface area contributed by atoms with E-state index in [1.54, 1.807) is 13.3 Å². The fourth-order valence-corrected chi connectivity index (χ4v) is 1.91. The Labute approximate surface area is 112 Å². The molecular formula is C14H15ClN2O. The maximum absolute atomic E-state index is 5.81. The van der Waals surface area contributed by atoms with Gasteiger partial charge in [0.05, 0.1) is 12.8 Å². The second-order valence-electron chi connectivity index (χ2n) is 4.33. The van der Waals surface area contributed by atoms with Gasteiger partial charge in [0.25, 0.3) is 0 Å². The van der Waals surface area contributed by atoms with Crippen molar-refractivity contribution < 1.29 is 4.74 Å². The number of hydrogen-bond acceptors (Lipinski definition) is 3. The minimum atomic E-state index is 0.238. The first-order valence-corrected chi connectivity index (χ1v) is 6.16. The van der Waals surface area contributed by atoms with E-state index in [1.165, 1.54) is 5.56 Å². The van der Waals surface area contributed by atoms with E-state index >= 15 is 0 Å². The highest BCUT2D eigenvalue weighted by molar-refractivity contribution is 6.28. The van der Waals surface area contributed by atoms with Crippen LogP contribution in [0.4, 0.5) is 0 Å². The van der Waals surface area contributed by atoms with Crippen molar-refractivity contribution in [3.63, 3.8) is 0 Å². The summed E-state index contributed by atoms with van der Waals surface area (Å²) in [4.78, 5) is 8.08. The summed E-state index contributed by atoms with van der Waals surface area (Å²) in [6.07, 6.45) is 1.64. The second-order valence-corrected chi connectivity index (χ2v) is 4.66. The molecule has 0 unspecified atom stereocenters. The maximum atomic E-state index is 5.81. The molecule has 0 saturated carbocycles. The van der Waals surface area contributed by atoms with Crippen molar-refractivity contribution in [2.45, 2.75) is 19.8 Å². The van der Waals surface area contributed by atoms with Gasteiger partial charge in [-0.2, -0.15) is 0 Å². The van der Waals surface area contributed by atoms with Crippen molar-refractivity contribution in [1.29, 1.82) is 0 Å². The van der Waals surface area contributed by atoms with Crippen LogP contribution in [-0.4, -0.2) is 17.1 Å². The summed E-state index contributed by atoms with van der Waals surface area (Å²) < 4.78 is 5.43. The smallest absolute Gasteiger partial charge is 0.222 e. The van der Waals surface area contributed by atoms with Gasteiger partial charge in [0, 0.05) is 11.8 Å². The Morgan fingerprint density at radius 3 is 2.61 bits per heavy atom. The van der Waals surface area contributed by atoms with Gasteiger partial charge >= 0.3 is 0 Å². The highest BCUT2D eigenvalue weighted by Crippen LogP contribution is 2.31. The highest BCUT2D eigenvalue weighted by atomic mass is 35.5. The Morgan fingerprint density at radius 1 is 1.22 bits per heavy atom. The number of aromatic nitrogens is 2. The van der Waals surface area contributed by atoms with E-state index in [-0.39, 0.29) is 5.28 Å². The molecular weight excluding hydrogens is 248 g/mol. The van der Waals surface area contributed by atoms with Crippen molar-refractivity contribution in [2.24, 2.45) is 0 Å². The van der Waals surface area contributed by atoms with Crippen LogP contribution in [-0.2, 0) is 0 Å². The van der Waals surface area contributed by atoms with E-state index in [4.69, 9.17) is 16.3 Å². The number of halogens is 1. The van der Waals surface area contributed by atoms with Crippen LogP contribution in [0, 0.1) is 0 Å². The van der Waals surface area contributed by atoms with Gasteiger partial charge in [-0.25, -0.2) is 9.97 Å². The third kappa shape index (κ3) is 2.62. The van der Waals surface area contributed by atoms with Gasteiger partial charge in [-0.05, 0) is 41.3 Å². The molecule has 1 aromatic carbocycles. The third-order valence-corrected chi connectivity index (χ3v) is 2.98. The van der Waals surface area contributed by atoms with Crippen LogP contribution in [0.5, 0.6) is 5.75 Å². The molecule has 0 aliphatic heterocycles. The van der Waals surface area contributed by atoms with Crippen molar-refractivity contribution in [3.8, 4) is 17.0 Å². The van der Waals surface area contributed by atoms with Gasteiger partial charge < -0.3 is 4.74 Å². The number of ether oxygens (including phenoxy) is 1. The van der Waals surface area contributed by atoms with E-state index in [0.717, 1.165) is 17.0 Å². The van der Waals surface area contributed by atoms with Crippen molar-refractivity contribution in [1.82, 2.24) is 9.97 Å². The molecule has 0 atom stereocenters. The maximum Gasteiger partial charge on any atom is 0.222 e. The van der Waals surface area contributed by atoms with Gasteiger partial charge in [0.1, 0.15) is 5.75 Å². The van der Waals surface area contributed by atoms with Gasteiger partial charge in [-0.1, -0.05) is 19.9 Å². The Hall–Kier alpha value is -1.61.